The molecule has 0 spiro atoms. The number of fused-ring (bicyclic) bond motifs is 1. The molecule has 3 aromatic rings. The van der Waals surface area contributed by atoms with Crippen molar-refractivity contribution in [1.82, 2.24) is 9.21 Å². The third-order valence-corrected chi connectivity index (χ3v) is 8.95. The number of carbonyl (C=O) groups excluding carboxylic acids is 1. The van der Waals surface area contributed by atoms with Gasteiger partial charge < -0.3 is 20.1 Å². The summed E-state index contributed by atoms with van der Waals surface area (Å²) in [4.78, 5) is 14.1. The van der Waals surface area contributed by atoms with Crippen LogP contribution < -0.4 is 10.1 Å². The van der Waals surface area contributed by atoms with Gasteiger partial charge in [-0.25, -0.2) is 22.0 Å². The molecule has 218 valence electrons. The fraction of sp³-hybridized carbons (Fsp3) is 0.300. The van der Waals surface area contributed by atoms with Gasteiger partial charge in [0.1, 0.15) is 28.4 Å². The van der Waals surface area contributed by atoms with E-state index in [9.17, 15) is 27.1 Å². The van der Waals surface area contributed by atoms with Crippen molar-refractivity contribution in [1.29, 1.82) is 0 Å². The number of aliphatic hydroxyl groups is 1. The van der Waals surface area contributed by atoms with Crippen LogP contribution in [0.1, 0.15) is 25.0 Å². The number of rotatable bonds is 7. The summed E-state index contributed by atoms with van der Waals surface area (Å²) in [5, 5.41) is 12.2. The maximum Gasteiger partial charge on any atom is 0.321 e. The summed E-state index contributed by atoms with van der Waals surface area (Å²) in [5.41, 5.74) is 1.36. The third-order valence-electron chi connectivity index (χ3n) is 6.93. The van der Waals surface area contributed by atoms with Crippen LogP contribution in [0.5, 0.6) is 5.75 Å². The molecule has 2 N–H and O–H groups in total. The average Bonchev–Trinajstić information content (AvgIpc) is 2.95. The molecule has 11 heteroatoms. The van der Waals surface area contributed by atoms with Crippen LogP contribution in [0.4, 0.5) is 19.3 Å². The topological polar surface area (TPSA) is 99.2 Å². The number of benzene rings is 3. The number of hydrogen-bond donors (Lipinski definition) is 2. The molecule has 8 nitrogen and oxygen atoms in total. The summed E-state index contributed by atoms with van der Waals surface area (Å²) >= 11 is 0. The fourth-order valence-electron chi connectivity index (χ4n) is 4.48. The first-order valence-corrected chi connectivity index (χ1v) is 14.6. The Morgan fingerprint density at radius 1 is 1.12 bits per heavy atom. The Kier molecular flexibility index (Phi) is 9.42. The van der Waals surface area contributed by atoms with Gasteiger partial charge in [-0.1, -0.05) is 55.5 Å². The van der Waals surface area contributed by atoms with E-state index in [0.29, 0.717) is 5.56 Å². The summed E-state index contributed by atoms with van der Waals surface area (Å²) in [7, 11) is -2.56. The van der Waals surface area contributed by atoms with Gasteiger partial charge in [0, 0.05) is 31.6 Å². The minimum atomic E-state index is -4.03. The number of anilines is 1. The number of aliphatic hydroxyl groups excluding tert-OH is 1. The molecule has 41 heavy (non-hydrogen) atoms. The Labute approximate surface area is 238 Å². The SMILES string of the molecule is C[C@H](CO)N1C[C@H](C)[C@H](CN(C)C(=O)Nc2cc(F)ccc2F)Oc2cc(C=Cc3ccccc3)ccc2S1(=O)=O. The molecule has 3 aromatic carbocycles. The number of amides is 2. The second kappa shape index (κ2) is 12.8. The van der Waals surface area contributed by atoms with Gasteiger partial charge in [0.05, 0.1) is 18.8 Å². The first kappa shape index (κ1) is 30.2. The molecule has 0 saturated carbocycles. The Bertz CT molecular complexity index is 1520. The average molecular weight is 586 g/mol. The van der Waals surface area contributed by atoms with Crippen LogP contribution in [0.2, 0.25) is 0 Å². The van der Waals surface area contributed by atoms with Crippen molar-refractivity contribution < 1.29 is 31.8 Å². The predicted molar refractivity (Wildman–Crippen MR) is 154 cm³/mol. The van der Waals surface area contributed by atoms with Crippen LogP contribution >= 0.6 is 0 Å². The molecule has 0 unspecified atom stereocenters. The number of sulfonamides is 1. The Morgan fingerprint density at radius 3 is 2.54 bits per heavy atom. The summed E-state index contributed by atoms with van der Waals surface area (Å²) < 4.78 is 62.6. The van der Waals surface area contributed by atoms with Crippen molar-refractivity contribution in [2.24, 2.45) is 5.92 Å². The highest BCUT2D eigenvalue weighted by atomic mass is 32.2. The number of halogens is 2. The smallest absolute Gasteiger partial charge is 0.321 e. The molecular formula is C30H33F2N3O5S. The van der Waals surface area contributed by atoms with Crippen LogP contribution in [0.15, 0.2) is 71.6 Å². The Hall–Kier alpha value is -3.80. The lowest BCUT2D eigenvalue weighted by atomic mass is 10.0. The minimum Gasteiger partial charge on any atom is -0.487 e. The monoisotopic (exact) mass is 585 g/mol. The molecule has 0 aromatic heterocycles. The largest absolute Gasteiger partial charge is 0.487 e. The lowest BCUT2D eigenvalue weighted by molar-refractivity contribution is 0.0830. The van der Waals surface area contributed by atoms with Gasteiger partial charge in [-0.05, 0) is 42.3 Å². The van der Waals surface area contributed by atoms with E-state index in [1.807, 2.05) is 42.5 Å². The van der Waals surface area contributed by atoms with Crippen LogP contribution in [-0.4, -0.2) is 67.7 Å². The van der Waals surface area contributed by atoms with E-state index in [1.54, 1.807) is 26.0 Å². The number of carbonyl (C=O) groups is 1. The molecule has 0 bridgehead atoms. The summed E-state index contributed by atoms with van der Waals surface area (Å²) in [5.74, 6) is -1.80. The van der Waals surface area contributed by atoms with Gasteiger partial charge in [-0.3, -0.25) is 0 Å². The Morgan fingerprint density at radius 2 is 1.83 bits per heavy atom. The van der Waals surface area contributed by atoms with Crippen molar-refractivity contribution in [2.45, 2.75) is 30.9 Å². The minimum absolute atomic E-state index is 0.00878. The first-order valence-electron chi connectivity index (χ1n) is 13.1. The lowest BCUT2D eigenvalue weighted by Crippen LogP contribution is -2.50. The summed E-state index contributed by atoms with van der Waals surface area (Å²) in [6, 6.07) is 15.7. The zero-order valence-electron chi connectivity index (χ0n) is 23.0. The van der Waals surface area contributed by atoms with Crippen molar-refractivity contribution in [2.75, 3.05) is 32.1 Å². The second-order valence-electron chi connectivity index (χ2n) is 10.1. The van der Waals surface area contributed by atoms with E-state index in [1.165, 1.54) is 22.3 Å². The number of nitrogens with one attached hydrogen (secondary N) is 1. The van der Waals surface area contributed by atoms with E-state index < -0.39 is 45.8 Å². The van der Waals surface area contributed by atoms with Gasteiger partial charge in [0.25, 0.3) is 0 Å². The number of urea groups is 1. The van der Waals surface area contributed by atoms with Gasteiger partial charge >= 0.3 is 6.03 Å². The standard InChI is InChI=1S/C30H33F2N3O5S/c1-20-17-35(21(2)19-36)41(38,39)29-14-11-23(10-9-22-7-5-4-6-8-22)15-27(29)40-28(20)18-34(3)30(37)33-26-16-24(31)12-13-25(26)32/h4-16,20-21,28,36H,17-19H2,1-3H3,(H,33,37)/t20-,21+,28-/m0/s1. The molecule has 0 radical (unpaired) electrons. The highest BCUT2D eigenvalue weighted by Crippen LogP contribution is 2.34. The molecule has 3 atom stereocenters. The predicted octanol–water partition coefficient (Wildman–Crippen LogP) is 5.07. The first-order chi connectivity index (χ1) is 19.5. The lowest BCUT2D eigenvalue weighted by Gasteiger charge is -2.37. The molecule has 1 aliphatic heterocycles. The number of nitrogens with zero attached hydrogens (tertiary/aromatic N) is 2. The van der Waals surface area contributed by atoms with E-state index in [2.05, 4.69) is 5.32 Å². The molecule has 0 aliphatic carbocycles. The van der Waals surface area contributed by atoms with E-state index >= 15 is 0 Å². The van der Waals surface area contributed by atoms with Gasteiger partial charge in [0.15, 0.2) is 0 Å². The highest BCUT2D eigenvalue weighted by molar-refractivity contribution is 7.89. The van der Waals surface area contributed by atoms with E-state index in [-0.39, 0.29) is 36.0 Å². The number of likely N-dealkylation sites (N-methyl/N-ethyl adjacent to an activating group) is 1. The number of hydrogen-bond acceptors (Lipinski definition) is 5. The molecular weight excluding hydrogens is 552 g/mol. The van der Waals surface area contributed by atoms with Crippen molar-refractivity contribution in [3.63, 3.8) is 0 Å². The molecule has 4 rings (SSSR count). The van der Waals surface area contributed by atoms with Crippen molar-refractivity contribution >= 4 is 33.9 Å². The maximum atomic E-state index is 14.1. The zero-order valence-corrected chi connectivity index (χ0v) is 23.8. The normalized spacial score (nSPS) is 19.5. The third kappa shape index (κ3) is 7.10. The summed E-state index contributed by atoms with van der Waals surface area (Å²) in [6.45, 7) is 3.06. The Balaban J connectivity index is 1.65. The molecule has 1 heterocycles. The van der Waals surface area contributed by atoms with Crippen LogP contribution in [0, 0.1) is 17.6 Å². The van der Waals surface area contributed by atoms with Crippen LogP contribution in [-0.2, 0) is 10.0 Å². The van der Waals surface area contributed by atoms with Gasteiger partial charge in [-0.15, -0.1) is 0 Å². The van der Waals surface area contributed by atoms with Gasteiger partial charge in [0.2, 0.25) is 10.0 Å². The second-order valence-corrected chi connectivity index (χ2v) is 12.0. The van der Waals surface area contributed by atoms with Gasteiger partial charge in [-0.2, -0.15) is 4.31 Å². The fourth-order valence-corrected chi connectivity index (χ4v) is 6.30. The maximum absolute atomic E-state index is 14.1. The summed E-state index contributed by atoms with van der Waals surface area (Å²) in [6.07, 6.45) is 3.05. The van der Waals surface area contributed by atoms with Crippen molar-refractivity contribution in [3.8, 4) is 5.75 Å². The molecule has 0 fully saturated rings. The van der Waals surface area contributed by atoms with E-state index in [4.69, 9.17) is 4.74 Å². The molecule has 2 amide bonds. The quantitative estimate of drug-likeness (QED) is 0.378. The molecule has 0 saturated heterocycles. The van der Waals surface area contributed by atoms with Crippen LogP contribution in [0.25, 0.3) is 12.2 Å². The number of ether oxygens (including phenoxy) is 1. The zero-order chi connectivity index (χ0) is 29.7. The van der Waals surface area contributed by atoms with Crippen LogP contribution in [0.3, 0.4) is 0 Å². The molecule has 1 aliphatic rings. The highest BCUT2D eigenvalue weighted by Gasteiger charge is 2.38. The van der Waals surface area contributed by atoms with Crippen molar-refractivity contribution in [3.05, 3.63) is 89.5 Å². The van der Waals surface area contributed by atoms with E-state index in [0.717, 1.165) is 23.8 Å².